The Bertz CT molecular complexity index is 380. The first kappa shape index (κ1) is 21.9. The van der Waals surface area contributed by atoms with Crippen molar-refractivity contribution in [1.82, 2.24) is 0 Å². The van der Waals surface area contributed by atoms with Crippen molar-refractivity contribution in [1.29, 1.82) is 0 Å². The maximum Gasteiger partial charge on any atom is 0.356 e. The summed E-state index contributed by atoms with van der Waals surface area (Å²) < 4.78 is 33.7. The quantitative estimate of drug-likeness (QED) is 0.338. The predicted octanol–water partition coefficient (Wildman–Crippen LogP) is 7.76. The molecule has 2 aliphatic carbocycles. The van der Waals surface area contributed by atoms with E-state index in [4.69, 9.17) is 4.74 Å². The SMILES string of the molecule is C=CCCC1CCC(CC(F)(F)OCC2CCC(CCCC)CC2)CC1. The van der Waals surface area contributed by atoms with Crippen molar-refractivity contribution in [2.45, 2.75) is 103 Å². The van der Waals surface area contributed by atoms with Crippen LogP contribution in [0.5, 0.6) is 0 Å². The van der Waals surface area contributed by atoms with Crippen molar-refractivity contribution in [2.24, 2.45) is 23.7 Å². The summed E-state index contributed by atoms with van der Waals surface area (Å²) in [6.45, 7) is 6.25. The van der Waals surface area contributed by atoms with Gasteiger partial charge in [-0.15, -0.1) is 6.58 Å². The first-order valence-corrected chi connectivity index (χ1v) is 11.1. The van der Waals surface area contributed by atoms with E-state index in [0.29, 0.717) is 11.8 Å². The van der Waals surface area contributed by atoms with Crippen LogP contribution < -0.4 is 0 Å². The molecule has 2 aliphatic rings. The fourth-order valence-corrected chi connectivity index (χ4v) is 4.89. The van der Waals surface area contributed by atoms with E-state index in [1.54, 1.807) is 0 Å². The highest BCUT2D eigenvalue weighted by atomic mass is 19.3. The summed E-state index contributed by atoms with van der Waals surface area (Å²) in [5.41, 5.74) is 0. The van der Waals surface area contributed by atoms with Crippen LogP contribution in [0.2, 0.25) is 0 Å². The number of unbranched alkanes of at least 4 members (excludes halogenated alkanes) is 1. The van der Waals surface area contributed by atoms with Gasteiger partial charge < -0.3 is 4.74 Å². The summed E-state index contributed by atoms with van der Waals surface area (Å²) in [4.78, 5) is 0. The molecule has 0 amide bonds. The van der Waals surface area contributed by atoms with Crippen LogP contribution in [-0.2, 0) is 4.74 Å². The number of ether oxygens (including phenoxy) is 1. The lowest BCUT2D eigenvalue weighted by atomic mass is 9.78. The number of halogens is 2. The van der Waals surface area contributed by atoms with Gasteiger partial charge in [-0.1, -0.05) is 57.9 Å². The highest BCUT2D eigenvalue weighted by Gasteiger charge is 2.36. The van der Waals surface area contributed by atoms with Gasteiger partial charge in [-0.3, -0.25) is 0 Å². The summed E-state index contributed by atoms with van der Waals surface area (Å²) >= 11 is 0. The van der Waals surface area contributed by atoms with E-state index in [-0.39, 0.29) is 18.9 Å². The lowest BCUT2D eigenvalue weighted by Crippen LogP contribution is -2.30. The van der Waals surface area contributed by atoms with Crippen molar-refractivity contribution in [2.75, 3.05) is 6.61 Å². The van der Waals surface area contributed by atoms with Crippen molar-refractivity contribution in [3.05, 3.63) is 12.7 Å². The van der Waals surface area contributed by atoms with Gasteiger partial charge >= 0.3 is 6.11 Å². The molecule has 0 heterocycles. The zero-order valence-corrected chi connectivity index (χ0v) is 16.9. The minimum atomic E-state index is -2.93. The normalized spacial score (nSPS) is 30.3. The van der Waals surface area contributed by atoms with Crippen LogP contribution >= 0.6 is 0 Å². The summed E-state index contributed by atoms with van der Waals surface area (Å²) in [5.74, 6) is 2.01. The molecule has 0 saturated heterocycles. The zero-order chi connectivity index (χ0) is 18.8. The topological polar surface area (TPSA) is 9.23 Å². The average molecular weight is 371 g/mol. The highest BCUT2D eigenvalue weighted by Crippen LogP contribution is 2.39. The Labute approximate surface area is 160 Å². The zero-order valence-electron chi connectivity index (χ0n) is 16.9. The van der Waals surface area contributed by atoms with Gasteiger partial charge in [0.05, 0.1) is 6.61 Å². The molecular formula is C23H40F2O. The van der Waals surface area contributed by atoms with Crippen molar-refractivity contribution in [3.8, 4) is 0 Å². The van der Waals surface area contributed by atoms with Crippen LogP contribution in [0.25, 0.3) is 0 Å². The van der Waals surface area contributed by atoms with Gasteiger partial charge in [-0.2, -0.15) is 8.78 Å². The molecule has 3 heteroatoms. The van der Waals surface area contributed by atoms with Crippen molar-refractivity contribution >= 4 is 0 Å². The van der Waals surface area contributed by atoms with Gasteiger partial charge in [0.2, 0.25) is 0 Å². The number of allylic oxidation sites excluding steroid dienone is 1. The Morgan fingerprint density at radius 2 is 1.42 bits per heavy atom. The Kier molecular flexibility index (Phi) is 9.59. The fourth-order valence-electron chi connectivity index (χ4n) is 4.89. The maximum atomic E-state index is 14.3. The third kappa shape index (κ3) is 8.06. The molecule has 0 aromatic heterocycles. The molecule has 26 heavy (non-hydrogen) atoms. The molecule has 0 N–H and O–H groups in total. The summed E-state index contributed by atoms with van der Waals surface area (Å²) in [6.07, 6.45) is 13.6. The molecule has 2 fully saturated rings. The Morgan fingerprint density at radius 3 is 2.00 bits per heavy atom. The number of hydrogen-bond donors (Lipinski definition) is 0. The van der Waals surface area contributed by atoms with E-state index in [9.17, 15) is 8.78 Å². The molecule has 0 unspecified atom stereocenters. The lowest BCUT2D eigenvalue weighted by Gasteiger charge is -2.32. The van der Waals surface area contributed by atoms with Crippen molar-refractivity contribution < 1.29 is 13.5 Å². The third-order valence-electron chi connectivity index (χ3n) is 6.73. The van der Waals surface area contributed by atoms with E-state index >= 15 is 0 Å². The predicted molar refractivity (Wildman–Crippen MR) is 105 cm³/mol. The average Bonchev–Trinajstić information content (AvgIpc) is 2.65. The Morgan fingerprint density at radius 1 is 0.885 bits per heavy atom. The molecule has 1 nitrogen and oxygen atoms in total. The lowest BCUT2D eigenvalue weighted by molar-refractivity contribution is -0.256. The second-order valence-corrected chi connectivity index (χ2v) is 8.93. The minimum absolute atomic E-state index is 0.0764. The van der Waals surface area contributed by atoms with Gasteiger partial charge in [0.15, 0.2) is 0 Å². The molecular weight excluding hydrogens is 330 g/mol. The molecule has 0 spiro atoms. The van der Waals surface area contributed by atoms with E-state index in [1.165, 1.54) is 38.5 Å². The smallest absolute Gasteiger partial charge is 0.320 e. The van der Waals surface area contributed by atoms with Crippen LogP contribution in [0.3, 0.4) is 0 Å². The second-order valence-electron chi connectivity index (χ2n) is 8.93. The van der Waals surface area contributed by atoms with Gasteiger partial charge in [-0.05, 0) is 62.2 Å². The number of rotatable bonds is 11. The summed E-state index contributed by atoms with van der Waals surface area (Å²) in [7, 11) is 0. The number of hydrogen-bond acceptors (Lipinski definition) is 1. The van der Waals surface area contributed by atoms with Crippen LogP contribution in [0.1, 0.15) is 96.8 Å². The fraction of sp³-hybridized carbons (Fsp3) is 0.913. The first-order valence-electron chi connectivity index (χ1n) is 11.1. The molecule has 0 aliphatic heterocycles. The van der Waals surface area contributed by atoms with E-state index in [0.717, 1.165) is 50.9 Å². The van der Waals surface area contributed by atoms with E-state index in [2.05, 4.69) is 13.5 Å². The molecule has 0 atom stereocenters. The van der Waals surface area contributed by atoms with Crippen LogP contribution in [-0.4, -0.2) is 12.7 Å². The third-order valence-corrected chi connectivity index (χ3v) is 6.73. The van der Waals surface area contributed by atoms with Gasteiger partial charge in [-0.25, -0.2) is 0 Å². The monoisotopic (exact) mass is 370 g/mol. The molecule has 0 aromatic rings. The Hall–Kier alpha value is -0.440. The summed E-state index contributed by atoms with van der Waals surface area (Å²) in [5, 5.41) is 0. The van der Waals surface area contributed by atoms with Gasteiger partial charge in [0.25, 0.3) is 0 Å². The molecule has 152 valence electrons. The molecule has 2 rings (SSSR count). The molecule has 0 radical (unpaired) electrons. The molecule has 0 aromatic carbocycles. The van der Waals surface area contributed by atoms with E-state index < -0.39 is 6.11 Å². The largest absolute Gasteiger partial charge is 0.356 e. The second kappa shape index (κ2) is 11.4. The molecule has 2 saturated carbocycles. The van der Waals surface area contributed by atoms with Crippen LogP contribution in [0.15, 0.2) is 12.7 Å². The Balaban J connectivity index is 1.61. The molecule has 0 bridgehead atoms. The van der Waals surface area contributed by atoms with Crippen molar-refractivity contribution in [3.63, 3.8) is 0 Å². The first-order chi connectivity index (χ1) is 12.5. The summed E-state index contributed by atoms with van der Waals surface area (Å²) in [6, 6.07) is 0. The standard InChI is InChI=1S/C23H40F2O/c1-3-5-7-19-9-13-21(14-10-19)17-23(24,25)26-18-22-15-11-20(12-16-22)8-6-4-2/h3,19-22H,1,4-18H2,2H3. The van der Waals surface area contributed by atoms with Crippen LogP contribution in [0, 0.1) is 23.7 Å². The van der Waals surface area contributed by atoms with Gasteiger partial charge in [0.1, 0.15) is 0 Å². The highest BCUT2D eigenvalue weighted by molar-refractivity contribution is 4.78. The number of alkyl halides is 2. The van der Waals surface area contributed by atoms with Crippen LogP contribution in [0.4, 0.5) is 8.78 Å². The maximum absolute atomic E-state index is 14.3. The van der Waals surface area contributed by atoms with Gasteiger partial charge in [0, 0.05) is 6.42 Å². The van der Waals surface area contributed by atoms with E-state index in [1.807, 2.05) is 6.08 Å². The minimum Gasteiger partial charge on any atom is -0.320 e.